The lowest BCUT2D eigenvalue weighted by Crippen LogP contribution is -2.70. The number of aliphatic hydroxyl groups excluding tert-OH is 2. The maximum absolute atomic E-state index is 15.3. The molecule has 4 aromatic carbocycles. The minimum atomic E-state index is -1.62. The van der Waals surface area contributed by atoms with Crippen LogP contribution in [-0.4, -0.2) is 89.4 Å². The van der Waals surface area contributed by atoms with E-state index in [0.29, 0.717) is 65.9 Å². The van der Waals surface area contributed by atoms with E-state index in [1.165, 1.54) is 24.3 Å². The van der Waals surface area contributed by atoms with Gasteiger partial charge in [-0.1, -0.05) is 36.2 Å². The molecule has 1 amide bonds. The van der Waals surface area contributed by atoms with E-state index in [4.69, 9.17) is 43.2 Å². The highest BCUT2D eigenvalue weighted by molar-refractivity contribution is 7.98. The number of carbonyl (C=O) groups is 1. The standard InChI is InChI=1S/C54H61N3O13S/c1-3-27-66-54-49(56(33-35-13-23-47-48(29-35)65-34-64-47)53(60)68-39-16-14-37(15-17-39)57(61)62)32-45(55-70-50-12-6-9-28-63-50)43-30-36(10-4-7-25-58)42(11-5-8-26-59)51(52(43)54)44-31-40(20-24-46(44)69-54)67-38-18-21-41(71-2)22-19-38/h3,13-24,29-31,36,42,49-52,58-59H,1,4-12,25-28,32-34H2,2H3. The molecule has 17 heteroatoms. The predicted molar refractivity (Wildman–Crippen MR) is 265 cm³/mol. The number of non-ortho nitro benzene ring substituents is 1. The summed E-state index contributed by atoms with van der Waals surface area (Å²) in [6.45, 7) is 4.79. The number of nitrogens with zero attached hydrogens (tertiary/aromatic N) is 3. The first kappa shape index (κ1) is 49.9. The highest BCUT2D eigenvalue weighted by atomic mass is 32.2. The van der Waals surface area contributed by atoms with Gasteiger partial charge < -0.3 is 48.2 Å². The van der Waals surface area contributed by atoms with Crippen LogP contribution in [0.1, 0.15) is 81.3 Å². The minimum Gasteiger partial charge on any atom is -0.459 e. The second-order valence-corrected chi connectivity index (χ2v) is 19.3. The van der Waals surface area contributed by atoms with Crippen LogP contribution in [0.15, 0.2) is 119 Å². The van der Waals surface area contributed by atoms with E-state index < -0.39 is 35.1 Å². The number of rotatable bonds is 21. The summed E-state index contributed by atoms with van der Waals surface area (Å²) in [7, 11) is 0. The van der Waals surface area contributed by atoms with Crippen molar-refractivity contribution in [2.45, 2.75) is 99.7 Å². The fourth-order valence-corrected chi connectivity index (χ4v) is 11.1. The molecule has 5 aliphatic rings. The number of nitro benzene ring substituents is 1. The fraction of sp³-hybridized carbons (Fsp3) is 0.444. The van der Waals surface area contributed by atoms with E-state index >= 15 is 4.79 Å². The monoisotopic (exact) mass is 991 g/mol. The summed E-state index contributed by atoms with van der Waals surface area (Å²) in [4.78, 5) is 35.4. The second kappa shape index (κ2) is 23.0. The molecule has 1 saturated heterocycles. The number of unbranched alkanes of at least 4 members (excludes halogenated alkanes) is 2. The Labute approximate surface area is 417 Å². The number of nitro groups is 1. The lowest BCUT2D eigenvalue weighted by atomic mass is 9.55. The number of oxime groups is 1. The Morgan fingerprint density at radius 2 is 1.68 bits per heavy atom. The molecule has 7 atom stereocenters. The first-order chi connectivity index (χ1) is 34.7. The lowest BCUT2D eigenvalue weighted by Gasteiger charge is -2.59. The Morgan fingerprint density at radius 3 is 2.41 bits per heavy atom. The summed E-state index contributed by atoms with van der Waals surface area (Å²) in [5, 5.41) is 36.7. The molecule has 2 aliphatic carbocycles. The van der Waals surface area contributed by atoms with Crippen molar-refractivity contribution >= 4 is 29.3 Å². The molecule has 0 radical (unpaired) electrons. The third-order valence-electron chi connectivity index (χ3n) is 14.0. The highest BCUT2D eigenvalue weighted by Crippen LogP contribution is 2.62. The molecule has 0 bridgehead atoms. The molecule has 0 aromatic heterocycles. The smallest absolute Gasteiger partial charge is 0.416 e. The van der Waals surface area contributed by atoms with Gasteiger partial charge in [0.1, 0.15) is 29.0 Å². The van der Waals surface area contributed by atoms with E-state index in [9.17, 15) is 20.3 Å². The summed E-state index contributed by atoms with van der Waals surface area (Å²) in [6, 6.07) is 23.6. The normalized spacial score (nSPS) is 24.4. The second-order valence-electron chi connectivity index (χ2n) is 18.4. The third kappa shape index (κ3) is 11.0. The quantitative estimate of drug-likeness (QED) is 0.0264. The van der Waals surface area contributed by atoms with Crippen LogP contribution in [0.25, 0.3) is 0 Å². The van der Waals surface area contributed by atoms with Crippen LogP contribution < -0.4 is 23.7 Å². The number of amides is 1. The molecule has 4 aromatic rings. The van der Waals surface area contributed by atoms with Crippen molar-refractivity contribution in [3.05, 3.63) is 130 Å². The lowest BCUT2D eigenvalue weighted by molar-refractivity contribution is -0.384. The highest BCUT2D eigenvalue weighted by Gasteiger charge is 2.66. The van der Waals surface area contributed by atoms with Gasteiger partial charge in [0, 0.05) is 61.1 Å². The van der Waals surface area contributed by atoms with E-state index in [1.54, 1.807) is 28.8 Å². The van der Waals surface area contributed by atoms with Gasteiger partial charge in [-0.25, -0.2) is 4.79 Å². The summed E-state index contributed by atoms with van der Waals surface area (Å²) >= 11 is 1.65. The fourth-order valence-electron chi connectivity index (χ4n) is 10.7. The zero-order chi connectivity index (χ0) is 49.3. The first-order valence-electron chi connectivity index (χ1n) is 24.5. The predicted octanol–water partition coefficient (Wildman–Crippen LogP) is 10.7. The molecular formula is C54H61N3O13S. The van der Waals surface area contributed by atoms with Crippen molar-refractivity contribution < 1.29 is 57.9 Å². The Balaban J connectivity index is 1.24. The molecule has 71 heavy (non-hydrogen) atoms. The number of benzene rings is 4. The maximum atomic E-state index is 15.3. The van der Waals surface area contributed by atoms with Gasteiger partial charge in [0.15, 0.2) is 11.5 Å². The maximum Gasteiger partial charge on any atom is 0.416 e. The summed E-state index contributed by atoms with van der Waals surface area (Å²) in [5.41, 5.74) is 2.87. The van der Waals surface area contributed by atoms with Crippen LogP contribution in [0, 0.1) is 27.9 Å². The van der Waals surface area contributed by atoms with Crippen molar-refractivity contribution in [3.8, 4) is 34.5 Å². The Hall–Kier alpha value is -6.11. The molecule has 0 spiro atoms. The van der Waals surface area contributed by atoms with Gasteiger partial charge in [-0.05, 0) is 134 Å². The van der Waals surface area contributed by atoms with Gasteiger partial charge in [0.25, 0.3) is 5.69 Å². The topological polar surface area (TPSA) is 190 Å². The average Bonchev–Trinajstić information content (AvgIpc) is 3.87. The molecule has 3 heterocycles. The van der Waals surface area contributed by atoms with Crippen LogP contribution in [0.4, 0.5) is 10.5 Å². The summed E-state index contributed by atoms with van der Waals surface area (Å²) in [6.07, 6.45) is 11.5. The van der Waals surface area contributed by atoms with Crippen LogP contribution >= 0.6 is 11.8 Å². The average molecular weight is 992 g/mol. The third-order valence-corrected chi connectivity index (χ3v) is 14.8. The Bertz CT molecular complexity index is 2570. The van der Waals surface area contributed by atoms with Gasteiger partial charge in [0.2, 0.25) is 18.9 Å². The summed E-state index contributed by atoms with van der Waals surface area (Å²) < 4.78 is 44.9. The van der Waals surface area contributed by atoms with Crippen molar-refractivity contribution in [1.82, 2.24) is 4.90 Å². The number of ether oxygens (including phenoxy) is 7. The van der Waals surface area contributed by atoms with Crippen LogP contribution in [0.5, 0.6) is 34.5 Å². The zero-order valence-electron chi connectivity index (χ0n) is 39.9. The molecule has 1 saturated carbocycles. The molecule has 3 aliphatic heterocycles. The van der Waals surface area contributed by atoms with Gasteiger partial charge in [-0.2, -0.15) is 0 Å². The zero-order valence-corrected chi connectivity index (χ0v) is 40.7. The number of carbonyl (C=O) groups excluding carboxylic acids is 1. The number of fused-ring (bicyclic) bond motifs is 3. The number of aliphatic hydroxyl groups is 2. The molecule has 2 N–H and O–H groups in total. The van der Waals surface area contributed by atoms with E-state index in [2.05, 4.69) is 12.7 Å². The number of hydrogen-bond acceptors (Lipinski definition) is 15. The van der Waals surface area contributed by atoms with Gasteiger partial charge >= 0.3 is 6.09 Å². The molecule has 2 fully saturated rings. The number of allylic oxidation sites excluding steroid dienone is 1. The molecular weight excluding hydrogens is 931 g/mol. The van der Waals surface area contributed by atoms with E-state index in [1.807, 2.05) is 60.9 Å². The van der Waals surface area contributed by atoms with Crippen molar-refractivity contribution in [3.63, 3.8) is 0 Å². The van der Waals surface area contributed by atoms with E-state index in [-0.39, 0.29) is 68.8 Å². The molecule has 376 valence electrons. The van der Waals surface area contributed by atoms with Crippen LogP contribution in [-0.2, 0) is 20.9 Å². The van der Waals surface area contributed by atoms with Crippen molar-refractivity contribution in [2.75, 3.05) is 39.5 Å². The minimum absolute atomic E-state index is 0.00673. The van der Waals surface area contributed by atoms with E-state index in [0.717, 1.165) is 54.6 Å². The van der Waals surface area contributed by atoms with Crippen molar-refractivity contribution in [1.29, 1.82) is 0 Å². The van der Waals surface area contributed by atoms with Crippen LogP contribution in [0.3, 0.4) is 0 Å². The SMILES string of the molecule is C=CCOC12Oc3ccc(Oc4ccc(SC)cc4)cc3C3C(CCCCO)C(CCCCO)C=C(C(=NOC4CCCCO4)CC1N(Cc1ccc4c(c1)OCO4)C(=O)Oc1ccc([N+](=O)[O-])cc1)C32. The van der Waals surface area contributed by atoms with Crippen LogP contribution in [0.2, 0.25) is 0 Å². The number of hydrogen-bond donors (Lipinski definition) is 2. The first-order valence-corrected chi connectivity index (χ1v) is 25.7. The van der Waals surface area contributed by atoms with Gasteiger partial charge in [0.05, 0.1) is 29.8 Å². The Kier molecular flexibility index (Phi) is 16.1. The van der Waals surface area contributed by atoms with Crippen molar-refractivity contribution in [2.24, 2.45) is 22.9 Å². The molecule has 9 rings (SSSR count). The molecule has 7 unspecified atom stereocenters. The van der Waals surface area contributed by atoms with Gasteiger partial charge in [-0.3, -0.25) is 15.0 Å². The Morgan fingerprint density at radius 1 is 0.930 bits per heavy atom. The van der Waals surface area contributed by atoms with Gasteiger partial charge in [-0.15, -0.1) is 18.3 Å². The summed E-state index contributed by atoms with van der Waals surface area (Å²) in [5.74, 6) is 0.389. The number of thioether (sulfide) groups is 1. The largest absolute Gasteiger partial charge is 0.459 e. The molecule has 16 nitrogen and oxygen atoms in total.